The first-order valence-corrected chi connectivity index (χ1v) is 7.79. The smallest absolute Gasteiger partial charge is 0 e. The molecule has 0 bridgehead atoms. The molecule has 0 aliphatic heterocycles. The van der Waals surface area contributed by atoms with Crippen molar-refractivity contribution in [3.63, 3.8) is 0 Å². The van der Waals surface area contributed by atoms with E-state index in [1.165, 1.54) is 0 Å². The van der Waals surface area contributed by atoms with Gasteiger partial charge in [0.15, 0.2) is 0 Å². The molecule has 5 heteroatoms. The van der Waals surface area contributed by atoms with E-state index < -0.39 is 23.1 Å². The first-order valence-electron chi connectivity index (χ1n) is 3.54. The largest absolute Gasteiger partial charge is 0 e. The monoisotopic (exact) mass is 419 g/mol. The fourth-order valence-electron chi connectivity index (χ4n) is 0.428. The minimum Gasteiger partial charge on any atom is 0 e. The van der Waals surface area contributed by atoms with Crippen molar-refractivity contribution < 1.29 is 8.44 Å². The molecule has 0 amide bonds. The van der Waals surface area contributed by atoms with Gasteiger partial charge in [-0.2, -0.15) is 0 Å². The van der Waals surface area contributed by atoms with Gasteiger partial charge in [-0.05, 0) is 0 Å². The molecule has 0 atom stereocenters. The maximum atomic E-state index is 5.28. The molecule has 0 N–H and O–H groups in total. The second-order valence-corrected chi connectivity index (χ2v) is 6.23. The Morgan fingerprint density at radius 3 is 1.27 bits per heavy atom. The van der Waals surface area contributed by atoms with Crippen LogP contribution in [0.25, 0.3) is 0 Å². The molecule has 0 saturated heterocycles. The van der Waals surface area contributed by atoms with Crippen molar-refractivity contribution in [3.05, 3.63) is 0 Å². The van der Waals surface area contributed by atoms with Crippen molar-refractivity contribution in [3.8, 4) is 0 Å². The zero-order chi connectivity index (χ0) is 7.82. The topological polar surface area (TPSA) is 27.7 Å². The molecule has 0 aromatic carbocycles. The molecular weight excluding hydrogens is 404 g/mol. The zero-order valence-electron chi connectivity index (χ0n) is 7.24. The quantitative estimate of drug-likeness (QED) is 0.594. The maximum absolute atomic E-state index is 5.28. The predicted octanol–water partition coefficient (Wildman–Crippen LogP) is 0.700. The molecule has 0 aliphatic carbocycles. The Kier molecular flexibility index (Phi) is 15.3. The molecule has 3 nitrogen and oxygen atoms in total. The molecule has 0 saturated carbocycles. The first kappa shape index (κ1) is 14.8. The van der Waals surface area contributed by atoms with E-state index in [4.69, 9.17) is 8.44 Å². The van der Waals surface area contributed by atoms with E-state index in [0.29, 0.717) is 19.8 Å². The Balaban J connectivity index is 0. The van der Waals surface area contributed by atoms with Crippen LogP contribution in [0.5, 0.6) is 0 Å². The average molecular weight is 419 g/mol. The minimum absolute atomic E-state index is 0. The van der Waals surface area contributed by atoms with E-state index in [0.717, 1.165) is 0 Å². The third-order valence-corrected chi connectivity index (χ3v) is 6.17. The van der Waals surface area contributed by atoms with Crippen LogP contribution in [-0.2, 0) is 8.44 Å². The van der Waals surface area contributed by atoms with Crippen LogP contribution >= 0.6 is 0 Å². The SMILES string of the molecule is CC[O][Bi]([O]CC)[O]CC.[As]. The van der Waals surface area contributed by atoms with Gasteiger partial charge in [-0.3, -0.25) is 0 Å². The van der Waals surface area contributed by atoms with Gasteiger partial charge in [-0.25, -0.2) is 0 Å². The molecule has 0 rings (SSSR count). The van der Waals surface area contributed by atoms with Crippen LogP contribution in [-0.4, -0.2) is 60.8 Å². The summed E-state index contributed by atoms with van der Waals surface area (Å²) in [5.74, 6) is 0. The van der Waals surface area contributed by atoms with Crippen molar-refractivity contribution in [1.82, 2.24) is 0 Å². The summed E-state index contributed by atoms with van der Waals surface area (Å²) in [4.78, 5) is 0. The van der Waals surface area contributed by atoms with Gasteiger partial charge < -0.3 is 0 Å². The van der Waals surface area contributed by atoms with Crippen LogP contribution < -0.4 is 0 Å². The summed E-state index contributed by atoms with van der Waals surface area (Å²) in [6, 6.07) is 0. The summed E-state index contributed by atoms with van der Waals surface area (Å²) in [6.07, 6.45) is 0. The third kappa shape index (κ3) is 9.23. The predicted molar refractivity (Wildman–Crippen MR) is 46.4 cm³/mol. The summed E-state index contributed by atoms with van der Waals surface area (Å²) >= 11 is -2.32. The Morgan fingerprint density at radius 1 is 0.818 bits per heavy atom. The van der Waals surface area contributed by atoms with Gasteiger partial charge in [0.2, 0.25) is 0 Å². The molecule has 67 valence electrons. The summed E-state index contributed by atoms with van der Waals surface area (Å²) in [5, 5.41) is 0. The third-order valence-electron chi connectivity index (χ3n) is 0.704. The minimum atomic E-state index is -2.32. The first-order chi connectivity index (χ1) is 4.85. The molecule has 0 aromatic rings. The molecule has 0 heterocycles. The van der Waals surface area contributed by atoms with Gasteiger partial charge in [0.05, 0.1) is 0 Å². The fraction of sp³-hybridized carbons (Fsp3) is 1.00. The van der Waals surface area contributed by atoms with Crippen LogP contribution in [0, 0.1) is 0 Å². The second-order valence-electron chi connectivity index (χ2n) is 1.48. The van der Waals surface area contributed by atoms with Crippen LogP contribution in [0.1, 0.15) is 20.8 Å². The molecule has 11 heavy (non-hydrogen) atoms. The van der Waals surface area contributed by atoms with Crippen molar-refractivity contribution in [2.45, 2.75) is 20.8 Å². The van der Waals surface area contributed by atoms with E-state index in [1.54, 1.807) is 0 Å². The number of hydrogen-bond acceptors (Lipinski definition) is 3. The van der Waals surface area contributed by atoms with Crippen LogP contribution in [0.2, 0.25) is 0 Å². The van der Waals surface area contributed by atoms with Crippen molar-refractivity contribution in [1.29, 1.82) is 0 Å². The van der Waals surface area contributed by atoms with Gasteiger partial charge in [-0.15, -0.1) is 0 Å². The van der Waals surface area contributed by atoms with Crippen molar-refractivity contribution in [2.24, 2.45) is 0 Å². The molecule has 0 spiro atoms. The Labute approximate surface area is 89.6 Å². The standard InChI is InChI=1S/3C2H5O.As.Bi/c3*1-2-3;;/h3*2H2,1H3;;/q3*-1;;+3. The molecule has 0 fully saturated rings. The van der Waals surface area contributed by atoms with E-state index >= 15 is 0 Å². The zero-order valence-corrected chi connectivity index (χ0v) is 12.6. The summed E-state index contributed by atoms with van der Waals surface area (Å²) < 4.78 is 15.8. The van der Waals surface area contributed by atoms with E-state index in [1.807, 2.05) is 20.8 Å². The van der Waals surface area contributed by atoms with Crippen LogP contribution in [0.15, 0.2) is 0 Å². The van der Waals surface area contributed by atoms with Gasteiger partial charge in [0, 0.05) is 18.0 Å². The second kappa shape index (κ2) is 11.3. The Bertz CT molecular complexity index is 60.6. The number of hydrogen-bond donors (Lipinski definition) is 0. The van der Waals surface area contributed by atoms with Gasteiger partial charge in [0.25, 0.3) is 0 Å². The molecule has 0 aromatic heterocycles. The summed E-state index contributed by atoms with van der Waals surface area (Å²) in [5.41, 5.74) is 0. The maximum Gasteiger partial charge on any atom is 0 e. The molecule has 0 aliphatic rings. The van der Waals surface area contributed by atoms with Crippen molar-refractivity contribution in [2.75, 3.05) is 19.8 Å². The normalized spacial score (nSPS) is 9.82. The van der Waals surface area contributed by atoms with E-state index in [-0.39, 0.29) is 18.0 Å². The summed E-state index contributed by atoms with van der Waals surface area (Å²) in [6.45, 7) is 7.99. The van der Waals surface area contributed by atoms with Crippen LogP contribution in [0.4, 0.5) is 0 Å². The molecular formula is C6H15AsBiO3. The van der Waals surface area contributed by atoms with E-state index in [2.05, 4.69) is 0 Å². The average Bonchev–Trinajstić information content (AvgIpc) is 1.90. The van der Waals surface area contributed by atoms with Crippen LogP contribution in [0.3, 0.4) is 0 Å². The van der Waals surface area contributed by atoms with E-state index in [9.17, 15) is 0 Å². The summed E-state index contributed by atoms with van der Waals surface area (Å²) in [7, 11) is 0. The van der Waals surface area contributed by atoms with Gasteiger partial charge in [-0.1, -0.05) is 0 Å². The number of rotatable bonds is 6. The Morgan fingerprint density at radius 2 is 1.09 bits per heavy atom. The van der Waals surface area contributed by atoms with Crippen molar-refractivity contribution >= 4 is 41.0 Å². The van der Waals surface area contributed by atoms with Gasteiger partial charge >= 0.3 is 72.1 Å². The molecule has 0 unspecified atom stereocenters. The molecule has 3 radical (unpaired) electrons. The Hall–Kier alpha value is 1.32. The fourth-order valence-corrected chi connectivity index (χ4v) is 3.76. The van der Waals surface area contributed by atoms with Gasteiger partial charge in [0.1, 0.15) is 0 Å².